The van der Waals surface area contributed by atoms with E-state index >= 15 is 0 Å². The molecule has 0 aromatic carbocycles. The third-order valence-corrected chi connectivity index (χ3v) is 2.60. The molecule has 0 bridgehead atoms. The lowest BCUT2D eigenvalue weighted by Gasteiger charge is -2.08. The maximum absolute atomic E-state index is 5.40. The molecule has 0 N–H and O–H groups in total. The molecule has 0 aliphatic rings. The molecule has 0 radical (unpaired) electrons. The van der Waals surface area contributed by atoms with Crippen LogP contribution in [0.4, 0.5) is 0 Å². The van der Waals surface area contributed by atoms with Crippen LogP contribution < -0.4 is 0 Å². The first-order valence-electron chi connectivity index (χ1n) is 4.76. The minimum absolute atomic E-state index is 0.455. The van der Waals surface area contributed by atoms with Crippen LogP contribution in [-0.4, -0.2) is 10.2 Å². The first-order chi connectivity index (χ1) is 6.27. The Hall–Kier alpha value is -0.130. The highest BCUT2D eigenvalue weighted by molar-refractivity contribution is 14.1. The molecule has 1 heterocycles. The summed E-state index contributed by atoms with van der Waals surface area (Å²) in [6.07, 6.45) is 4.70. The standard InChI is InChI=1S/C9H15IN2O/c1-3-5-6-7(4-2)8-11-12-9(10)13-8/h7H,3-6H2,1-2H3. The molecule has 4 heteroatoms. The maximum Gasteiger partial charge on any atom is 0.278 e. The molecule has 0 saturated carbocycles. The second-order valence-corrected chi connectivity index (χ2v) is 4.06. The summed E-state index contributed by atoms with van der Waals surface area (Å²) in [5.41, 5.74) is 0. The number of hydrogen-bond donors (Lipinski definition) is 0. The van der Waals surface area contributed by atoms with E-state index in [1.54, 1.807) is 0 Å². The van der Waals surface area contributed by atoms with Gasteiger partial charge in [0.1, 0.15) is 0 Å². The summed E-state index contributed by atoms with van der Waals surface area (Å²) in [7, 11) is 0. The van der Waals surface area contributed by atoms with E-state index in [2.05, 4.69) is 24.0 Å². The Labute approximate surface area is 92.4 Å². The molecule has 0 aliphatic heterocycles. The smallest absolute Gasteiger partial charge is 0.278 e. The summed E-state index contributed by atoms with van der Waals surface area (Å²) >= 11 is 2.05. The fraction of sp³-hybridized carbons (Fsp3) is 0.778. The molecule has 1 rings (SSSR count). The third kappa shape index (κ3) is 3.25. The molecule has 0 aliphatic carbocycles. The fourth-order valence-corrected chi connectivity index (χ4v) is 1.67. The van der Waals surface area contributed by atoms with E-state index in [4.69, 9.17) is 4.42 Å². The van der Waals surface area contributed by atoms with Crippen molar-refractivity contribution >= 4 is 22.6 Å². The van der Waals surface area contributed by atoms with Crippen molar-refractivity contribution < 1.29 is 4.42 Å². The predicted molar refractivity (Wildman–Crippen MR) is 59.6 cm³/mol. The Morgan fingerprint density at radius 2 is 2.15 bits per heavy atom. The van der Waals surface area contributed by atoms with Crippen LogP contribution in [-0.2, 0) is 0 Å². The van der Waals surface area contributed by atoms with Gasteiger partial charge in [0.25, 0.3) is 3.90 Å². The van der Waals surface area contributed by atoms with Gasteiger partial charge in [-0.3, -0.25) is 0 Å². The Balaban J connectivity index is 2.56. The average molecular weight is 294 g/mol. The SMILES string of the molecule is CCCCC(CC)c1nnc(I)o1. The van der Waals surface area contributed by atoms with Crippen LogP contribution in [0.25, 0.3) is 0 Å². The van der Waals surface area contributed by atoms with Gasteiger partial charge in [0.05, 0.1) is 0 Å². The number of rotatable bonds is 5. The fourth-order valence-electron chi connectivity index (χ4n) is 1.33. The number of nitrogens with zero attached hydrogens (tertiary/aromatic N) is 2. The van der Waals surface area contributed by atoms with E-state index in [9.17, 15) is 0 Å². The van der Waals surface area contributed by atoms with E-state index < -0.39 is 0 Å². The summed E-state index contributed by atoms with van der Waals surface area (Å²) in [6.45, 7) is 4.36. The van der Waals surface area contributed by atoms with Gasteiger partial charge in [0.2, 0.25) is 5.89 Å². The molecule has 1 unspecified atom stereocenters. The summed E-state index contributed by atoms with van der Waals surface area (Å²) in [5, 5.41) is 7.88. The first-order valence-corrected chi connectivity index (χ1v) is 5.84. The molecule has 0 spiro atoms. The molecule has 0 amide bonds. The van der Waals surface area contributed by atoms with E-state index in [-0.39, 0.29) is 0 Å². The highest BCUT2D eigenvalue weighted by Crippen LogP contribution is 2.24. The molecule has 0 fully saturated rings. The molecule has 1 atom stereocenters. The van der Waals surface area contributed by atoms with Crippen molar-refractivity contribution in [3.63, 3.8) is 0 Å². The van der Waals surface area contributed by atoms with Gasteiger partial charge in [-0.05, 0) is 12.8 Å². The molecular formula is C9H15IN2O. The van der Waals surface area contributed by atoms with Crippen molar-refractivity contribution in [3.8, 4) is 0 Å². The average Bonchev–Trinajstić information content (AvgIpc) is 2.54. The van der Waals surface area contributed by atoms with Crippen molar-refractivity contribution in [2.75, 3.05) is 0 Å². The number of unbranched alkanes of at least 4 members (excludes halogenated alkanes) is 1. The Bertz CT molecular complexity index is 250. The minimum Gasteiger partial charge on any atom is -0.416 e. The van der Waals surface area contributed by atoms with Gasteiger partial charge in [-0.2, -0.15) is 0 Å². The van der Waals surface area contributed by atoms with Crippen LogP contribution in [0.3, 0.4) is 0 Å². The van der Waals surface area contributed by atoms with E-state index in [1.165, 1.54) is 12.8 Å². The number of aromatic nitrogens is 2. The molecule has 0 saturated heterocycles. The van der Waals surface area contributed by atoms with Gasteiger partial charge in [-0.15, -0.1) is 10.2 Å². The lowest BCUT2D eigenvalue weighted by atomic mass is 10.00. The Morgan fingerprint density at radius 3 is 2.62 bits per heavy atom. The van der Waals surface area contributed by atoms with E-state index in [0.717, 1.165) is 18.7 Å². The molecule has 13 heavy (non-hydrogen) atoms. The zero-order valence-corrected chi connectivity index (χ0v) is 10.2. The second kappa shape index (κ2) is 5.57. The summed E-state index contributed by atoms with van der Waals surface area (Å²) in [5.74, 6) is 1.26. The lowest BCUT2D eigenvalue weighted by Crippen LogP contribution is -1.97. The van der Waals surface area contributed by atoms with Crippen molar-refractivity contribution in [2.45, 2.75) is 45.4 Å². The van der Waals surface area contributed by atoms with Crippen molar-refractivity contribution in [2.24, 2.45) is 0 Å². The second-order valence-electron chi connectivity index (χ2n) is 3.14. The van der Waals surface area contributed by atoms with Gasteiger partial charge >= 0.3 is 0 Å². The van der Waals surface area contributed by atoms with Crippen molar-refractivity contribution in [1.29, 1.82) is 0 Å². The summed E-state index contributed by atoms with van der Waals surface area (Å²) in [4.78, 5) is 0. The van der Waals surface area contributed by atoms with Gasteiger partial charge < -0.3 is 4.42 Å². The van der Waals surface area contributed by atoms with Crippen LogP contribution >= 0.6 is 22.6 Å². The van der Waals surface area contributed by atoms with Crippen LogP contribution in [0.2, 0.25) is 0 Å². The van der Waals surface area contributed by atoms with Gasteiger partial charge in [-0.1, -0.05) is 26.7 Å². The molecule has 1 aromatic rings. The molecule has 74 valence electrons. The zero-order valence-electron chi connectivity index (χ0n) is 8.09. The van der Waals surface area contributed by atoms with Gasteiger partial charge in [-0.25, -0.2) is 0 Å². The largest absolute Gasteiger partial charge is 0.416 e. The van der Waals surface area contributed by atoms with Gasteiger partial charge in [0.15, 0.2) is 0 Å². The highest BCUT2D eigenvalue weighted by atomic mass is 127. The molecule has 3 nitrogen and oxygen atoms in total. The number of halogens is 1. The van der Waals surface area contributed by atoms with Crippen molar-refractivity contribution in [3.05, 3.63) is 9.79 Å². The first kappa shape index (κ1) is 10.9. The quantitative estimate of drug-likeness (QED) is 0.782. The van der Waals surface area contributed by atoms with E-state index in [0.29, 0.717) is 9.82 Å². The lowest BCUT2D eigenvalue weighted by molar-refractivity contribution is 0.402. The Kier molecular flexibility index (Phi) is 4.69. The number of hydrogen-bond acceptors (Lipinski definition) is 3. The van der Waals surface area contributed by atoms with Crippen molar-refractivity contribution in [1.82, 2.24) is 10.2 Å². The summed E-state index contributed by atoms with van der Waals surface area (Å²) < 4.78 is 6.04. The van der Waals surface area contributed by atoms with E-state index in [1.807, 2.05) is 22.6 Å². The van der Waals surface area contributed by atoms with Crippen LogP contribution in [0.15, 0.2) is 4.42 Å². The normalized spacial score (nSPS) is 13.2. The van der Waals surface area contributed by atoms with Crippen LogP contribution in [0.5, 0.6) is 0 Å². The predicted octanol–water partition coefficient (Wildman–Crippen LogP) is 3.36. The third-order valence-electron chi connectivity index (χ3n) is 2.16. The van der Waals surface area contributed by atoms with Crippen LogP contribution in [0.1, 0.15) is 51.3 Å². The summed E-state index contributed by atoms with van der Waals surface area (Å²) in [6, 6.07) is 0. The molecule has 1 aromatic heterocycles. The van der Waals surface area contributed by atoms with Gasteiger partial charge in [0, 0.05) is 28.5 Å². The minimum atomic E-state index is 0.455. The Morgan fingerprint density at radius 1 is 1.38 bits per heavy atom. The monoisotopic (exact) mass is 294 g/mol. The highest BCUT2D eigenvalue weighted by Gasteiger charge is 2.15. The topological polar surface area (TPSA) is 38.9 Å². The van der Waals surface area contributed by atoms with Crippen LogP contribution in [0, 0.1) is 3.90 Å². The maximum atomic E-state index is 5.40. The molecular weight excluding hydrogens is 279 g/mol. The zero-order chi connectivity index (χ0) is 9.68.